The van der Waals surface area contributed by atoms with Gasteiger partial charge in [0.2, 0.25) is 5.91 Å². The average Bonchev–Trinajstić information content (AvgIpc) is 2.57. The zero-order chi connectivity index (χ0) is 17.4. The lowest BCUT2D eigenvalue weighted by molar-refractivity contribution is -0.119. The molecule has 0 bridgehead atoms. The highest BCUT2D eigenvalue weighted by Crippen LogP contribution is 2.24. The van der Waals surface area contributed by atoms with E-state index in [1.807, 2.05) is 31.2 Å². The summed E-state index contributed by atoms with van der Waals surface area (Å²) < 4.78 is 5.71. The lowest BCUT2D eigenvalue weighted by Crippen LogP contribution is -2.33. The predicted molar refractivity (Wildman–Crippen MR) is 102 cm³/mol. The molecular weight excluding hydrogens is 344 g/mol. The molecule has 2 aromatic carbocycles. The Balaban J connectivity index is 1.86. The van der Waals surface area contributed by atoms with Crippen LogP contribution in [0.25, 0.3) is 0 Å². The number of hydrogen-bond acceptors (Lipinski definition) is 3. The maximum Gasteiger partial charge on any atom is 0.226 e. The van der Waals surface area contributed by atoms with Crippen LogP contribution >= 0.6 is 23.8 Å². The summed E-state index contributed by atoms with van der Waals surface area (Å²) in [5.74, 6) is 1.33. The molecule has 0 saturated carbocycles. The molecule has 1 amide bonds. The second kappa shape index (κ2) is 9.25. The number of carbonyl (C=O) groups excluding carboxylic acids is 1. The van der Waals surface area contributed by atoms with Gasteiger partial charge in [-0.15, -0.1) is 0 Å². The first kappa shape index (κ1) is 18.2. The van der Waals surface area contributed by atoms with Crippen LogP contribution in [0.5, 0.6) is 11.5 Å². The Hall–Kier alpha value is -2.11. The minimum absolute atomic E-state index is 0.0722. The summed E-state index contributed by atoms with van der Waals surface area (Å²) in [4.78, 5) is 11.6. The van der Waals surface area contributed by atoms with Gasteiger partial charge in [0.1, 0.15) is 11.5 Å². The zero-order valence-corrected chi connectivity index (χ0v) is 14.9. The summed E-state index contributed by atoms with van der Waals surface area (Å²) >= 11 is 11.0. The van der Waals surface area contributed by atoms with E-state index in [0.717, 1.165) is 18.5 Å². The summed E-state index contributed by atoms with van der Waals surface area (Å²) in [7, 11) is 0. The molecular formula is C18H19ClN2O2S. The minimum Gasteiger partial charge on any atom is -0.457 e. The van der Waals surface area contributed by atoms with E-state index in [9.17, 15) is 4.79 Å². The minimum atomic E-state index is -0.0722. The first-order valence-corrected chi connectivity index (χ1v) is 8.50. The molecule has 6 heteroatoms. The van der Waals surface area contributed by atoms with Crippen LogP contribution < -0.4 is 15.4 Å². The van der Waals surface area contributed by atoms with Gasteiger partial charge in [0.25, 0.3) is 0 Å². The Morgan fingerprint density at radius 2 is 1.67 bits per heavy atom. The molecule has 126 valence electrons. The molecule has 24 heavy (non-hydrogen) atoms. The van der Waals surface area contributed by atoms with Crippen LogP contribution in [0.1, 0.15) is 26.2 Å². The summed E-state index contributed by atoms with van der Waals surface area (Å²) in [5, 5.41) is 6.59. The standard InChI is InChI=1S/C18H19ClN2O2S/c1-2-3-4-17(22)21-18(24)20-14-7-11-16(12-8-14)23-15-9-5-13(19)6-10-15/h5-12H,2-4H2,1H3,(H2,20,21,22,24). The Morgan fingerprint density at radius 3 is 2.25 bits per heavy atom. The molecule has 0 aliphatic heterocycles. The molecule has 2 N–H and O–H groups in total. The number of thiocarbonyl (C=S) groups is 1. The van der Waals surface area contributed by atoms with Crippen molar-refractivity contribution < 1.29 is 9.53 Å². The van der Waals surface area contributed by atoms with Crippen LogP contribution in [-0.4, -0.2) is 11.0 Å². The van der Waals surface area contributed by atoms with Gasteiger partial charge in [0, 0.05) is 17.1 Å². The Bertz CT molecular complexity index is 687. The first-order chi connectivity index (χ1) is 11.6. The van der Waals surface area contributed by atoms with Crippen molar-refractivity contribution in [3.05, 3.63) is 53.6 Å². The van der Waals surface area contributed by atoms with Crippen molar-refractivity contribution in [1.29, 1.82) is 0 Å². The molecule has 0 aliphatic carbocycles. The van der Waals surface area contributed by atoms with Crippen LogP contribution in [0, 0.1) is 0 Å². The quantitative estimate of drug-likeness (QED) is 0.699. The molecule has 0 unspecified atom stereocenters. The summed E-state index contributed by atoms with van der Waals surface area (Å²) in [6.07, 6.45) is 2.31. The molecule has 0 heterocycles. The van der Waals surface area contributed by atoms with Crippen molar-refractivity contribution in [3.63, 3.8) is 0 Å². The highest BCUT2D eigenvalue weighted by atomic mass is 35.5. The van der Waals surface area contributed by atoms with Crippen molar-refractivity contribution >= 4 is 40.5 Å². The van der Waals surface area contributed by atoms with Gasteiger partial charge < -0.3 is 15.4 Å². The van der Waals surface area contributed by atoms with Crippen LogP contribution in [0.3, 0.4) is 0 Å². The number of halogens is 1. The van der Waals surface area contributed by atoms with E-state index in [0.29, 0.717) is 28.1 Å². The lowest BCUT2D eigenvalue weighted by atomic mass is 10.2. The van der Waals surface area contributed by atoms with Crippen molar-refractivity contribution in [1.82, 2.24) is 5.32 Å². The normalized spacial score (nSPS) is 10.1. The molecule has 0 spiro atoms. The van der Waals surface area contributed by atoms with Crippen LogP contribution in [-0.2, 0) is 4.79 Å². The molecule has 2 rings (SSSR count). The first-order valence-electron chi connectivity index (χ1n) is 7.71. The van der Waals surface area contributed by atoms with Crippen molar-refractivity contribution in [3.8, 4) is 11.5 Å². The Morgan fingerprint density at radius 1 is 1.08 bits per heavy atom. The van der Waals surface area contributed by atoms with Gasteiger partial charge >= 0.3 is 0 Å². The number of anilines is 1. The van der Waals surface area contributed by atoms with Crippen LogP contribution in [0.15, 0.2) is 48.5 Å². The number of ether oxygens (including phenoxy) is 1. The number of benzene rings is 2. The fourth-order valence-electron chi connectivity index (χ4n) is 1.93. The Kier molecular flexibility index (Phi) is 7.03. The number of unbranched alkanes of at least 4 members (excludes halogenated alkanes) is 1. The lowest BCUT2D eigenvalue weighted by Gasteiger charge is -2.10. The number of nitrogens with one attached hydrogen (secondary N) is 2. The third-order valence-electron chi connectivity index (χ3n) is 3.17. The summed E-state index contributed by atoms with van der Waals surface area (Å²) in [6.45, 7) is 2.04. The van der Waals surface area contributed by atoms with Crippen LogP contribution in [0.4, 0.5) is 5.69 Å². The highest BCUT2D eigenvalue weighted by molar-refractivity contribution is 7.80. The van der Waals surface area contributed by atoms with Crippen molar-refractivity contribution in [2.45, 2.75) is 26.2 Å². The third kappa shape index (κ3) is 6.18. The smallest absolute Gasteiger partial charge is 0.226 e. The molecule has 0 aromatic heterocycles. The average molecular weight is 363 g/mol. The highest BCUT2D eigenvalue weighted by Gasteiger charge is 2.04. The number of rotatable bonds is 6. The SMILES string of the molecule is CCCCC(=O)NC(=S)Nc1ccc(Oc2ccc(Cl)cc2)cc1. The summed E-state index contributed by atoms with van der Waals surface area (Å²) in [5.41, 5.74) is 0.777. The van der Waals surface area contributed by atoms with E-state index < -0.39 is 0 Å². The summed E-state index contributed by atoms with van der Waals surface area (Å²) in [6, 6.07) is 14.4. The maximum absolute atomic E-state index is 11.6. The predicted octanol–water partition coefficient (Wildman–Crippen LogP) is 5.14. The third-order valence-corrected chi connectivity index (χ3v) is 3.63. The zero-order valence-electron chi connectivity index (χ0n) is 13.3. The fourth-order valence-corrected chi connectivity index (χ4v) is 2.29. The second-order valence-electron chi connectivity index (χ2n) is 5.19. The van der Waals surface area contributed by atoms with Crippen molar-refractivity contribution in [2.24, 2.45) is 0 Å². The van der Waals surface area contributed by atoms with E-state index in [1.54, 1.807) is 24.3 Å². The van der Waals surface area contributed by atoms with Gasteiger partial charge in [0.15, 0.2) is 5.11 Å². The number of carbonyl (C=O) groups is 1. The molecule has 4 nitrogen and oxygen atoms in total. The van der Waals surface area contributed by atoms with Gasteiger partial charge in [-0.1, -0.05) is 24.9 Å². The molecule has 0 saturated heterocycles. The topological polar surface area (TPSA) is 50.4 Å². The van der Waals surface area contributed by atoms with Gasteiger partial charge in [-0.2, -0.15) is 0 Å². The van der Waals surface area contributed by atoms with Gasteiger partial charge in [-0.05, 0) is 67.2 Å². The van der Waals surface area contributed by atoms with Gasteiger partial charge in [-0.25, -0.2) is 0 Å². The van der Waals surface area contributed by atoms with Gasteiger partial charge in [0.05, 0.1) is 0 Å². The van der Waals surface area contributed by atoms with E-state index in [1.165, 1.54) is 0 Å². The monoisotopic (exact) mass is 362 g/mol. The molecule has 0 atom stereocenters. The fraction of sp³-hybridized carbons (Fsp3) is 0.222. The van der Waals surface area contributed by atoms with E-state index in [2.05, 4.69) is 10.6 Å². The molecule has 0 radical (unpaired) electrons. The van der Waals surface area contributed by atoms with Gasteiger partial charge in [-0.3, -0.25) is 4.79 Å². The molecule has 0 fully saturated rings. The maximum atomic E-state index is 11.6. The number of hydrogen-bond donors (Lipinski definition) is 2. The van der Waals surface area contributed by atoms with E-state index in [4.69, 9.17) is 28.6 Å². The van der Waals surface area contributed by atoms with Crippen molar-refractivity contribution in [2.75, 3.05) is 5.32 Å². The second-order valence-corrected chi connectivity index (χ2v) is 6.03. The number of amides is 1. The Labute approximate surface area is 152 Å². The van der Waals surface area contributed by atoms with Crippen LogP contribution in [0.2, 0.25) is 5.02 Å². The molecule has 2 aromatic rings. The largest absolute Gasteiger partial charge is 0.457 e. The van der Waals surface area contributed by atoms with E-state index in [-0.39, 0.29) is 5.91 Å². The molecule has 0 aliphatic rings. The van der Waals surface area contributed by atoms with E-state index >= 15 is 0 Å².